The number of methoxy groups -OCH3 is 1. The summed E-state index contributed by atoms with van der Waals surface area (Å²) in [4.78, 5) is 43.9. The second kappa shape index (κ2) is 12.3. The summed E-state index contributed by atoms with van der Waals surface area (Å²) in [6.07, 6.45) is 1.59. The van der Waals surface area contributed by atoms with Gasteiger partial charge in [-0.3, -0.25) is 14.2 Å². The summed E-state index contributed by atoms with van der Waals surface area (Å²) in [6, 6.07) is 15.3. The van der Waals surface area contributed by atoms with Crippen molar-refractivity contribution in [1.29, 1.82) is 0 Å². The maximum absolute atomic E-state index is 14.0. The van der Waals surface area contributed by atoms with Crippen LogP contribution in [0.1, 0.15) is 62.3 Å². The van der Waals surface area contributed by atoms with E-state index in [0.29, 0.717) is 49.2 Å². The highest BCUT2D eigenvalue weighted by Crippen LogP contribution is 2.36. The summed E-state index contributed by atoms with van der Waals surface area (Å²) in [5.41, 5.74) is 2.48. The molecular formula is C33H32N2O7S. The molecule has 9 nitrogen and oxygen atoms in total. The Morgan fingerprint density at radius 1 is 1.09 bits per heavy atom. The van der Waals surface area contributed by atoms with Gasteiger partial charge in [-0.05, 0) is 64.4 Å². The van der Waals surface area contributed by atoms with Crippen molar-refractivity contribution in [3.05, 3.63) is 102 Å². The third-order valence-corrected chi connectivity index (χ3v) is 7.84. The van der Waals surface area contributed by atoms with Crippen molar-refractivity contribution >= 4 is 29.2 Å². The first-order valence-electron chi connectivity index (χ1n) is 13.9. The lowest BCUT2D eigenvalue weighted by molar-refractivity contribution is -0.139. The second-order valence-electron chi connectivity index (χ2n) is 10.2. The van der Waals surface area contributed by atoms with Gasteiger partial charge in [-0.25, -0.2) is 9.79 Å². The molecule has 222 valence electrons. The van der Waals surface area contributed by atoms with Crippen LogP contribution in [0.5, 0.6) is 11.5 Å². The zero-order valence-corrected chi connectivity index (χ0v) is 25.6. The fourth-order valence-corrected chi connectivity index (χ4v) is 5.92. The first-order valence-corrected chi connectivity index (χ1v) is 14.7. The van der Waals surface area contributed by atoms with Crippen molar-refractivity contribution in [3.8, 4) is 22.8 Å². The van der Waals surface area contributed by atoms with E-state index in [1.165, 1.54) is 22.8 Å². The molecule has 0 radical (unpaired) electrons. The fourth-order valence-electron chi connectivity index (χ4n) is 4.90. The molecule has 0 saturated carbocycles. The molecule has 2 aromatic heterocycles. The van der Waals surface area contributed by atoms with Crippen molar-refractivity contribution in [2.45, 2.75) is 46.8 Å². The van der Waals surface area contributed by atoms with Gasteiger partial charge in [0.25, 0.3) is 5.56 Å². The van der Waals surface area contributed by atoms with Gasteiger partial charge >= 0.3 is 5.97 Å². The molecule has 2 aromatic carbocycles. The van der Waals surface area contributed by atoms with E-state index in [9.17, 15) is 14.4 Å². The van der Waals surface area contributed by atoms with E-state index in [0.717, 1.165) is 5.56 Å². The quantitative estimate of drug-likeness (QED) is 0.195. The van der Waals surface area contributed by atoms with Crippen LogP contribution in [0.25, 0.3) is 17.4 Å². The molecule has 4 aromatic rings. The molecule has 0 unspecified atom stereocenters. The van der Waals surface area contributed by atoms with Crippen LogP contribution in [-0.4, -0.2) is 36.1 Å². The van der Waals surface area contributed by atoms with Gasteiger partial charge in [0.2, 0.25) is 0 Å². The monoisotopic (exact) mass is 600 g/mol. The second-order valence-corrected chi connectivity index (χ2v) is 11.2. The topological polar surface area (TPSA) is 109 Å². The first kappa shape index (κ1) is 29.8. The van der Waals surface area contributed by atoms with Gasteiger partial charge in [0.05, 0.1) is 41.7 Å². The van der Waals surface area contributed by atoms with Gasteiger partial charge in [-0.2, -0.15) is 0 Å². The molecule has 0 saturated heterocycles. The summed E-state index contributed by atoms with van der Waals surface area (Å²) in [6.45, 7) is 9.00. The van der Waals surface area contributed by atoms with Crippen LogP contribution in [0.2, 0.25) is 0 Å². The minimum absolute atomic E-state index is 0.0139. The lowest BCUT2D eigenvalue weighted by Crippen LogP contribution is -2.40. The molecule has 0 fully saturated rings. The lowest BCUT2D eigenvalue weighted by Gasteiger charge is -2.25. The Kier molecular flexibility index (Phi) is 8.50. The van der Waals surface area contributed by atoms with E-state index in [1.807, 2.05) is 38.1 Å². The SMILES string of the molecule is CCOC(=O)C1=C(C)N=c2s/c(=C/c3ccc(-c4ccc(C(C)=O)cc4)o3)c(=O)n2[C@@H]1c1ccc(OC(C)C)c(OC)c1. The summed E-state index contributed by atoms with van der Waals surface area (Å²) >= 11 is 1.21. The Morgan fingerprint density at radius 2 is 1.84 bits per heavy atom. The van der Waals surface area contributed by atoms with Crippen molar-refractivity contribution in [2.24, 2.45) is 4.99 Å². The Balaban J connectivity index is 1.61. The highest BCUT2D eigenvalue weighted by molar-refractivity contribution is 7.07. The molecule has 1 aliphatic heterocycles. The molecule has 0 bridgehead atoms. The Morgan fingerprint density at radius 3 is 2.49 bits per heavy atom. The van der Waals surface area contributed by atoms with E-state index in [-0.39, 0.29) is 29.6 Å². The molecule has 1 aliphatic rings. The van der Waals surface area contributed by atoms with Crippen LogP contribution >= 0.6 is 11.3 Å². The number of Topliss-reactive ketones (excluding diaryl/α,β-unsaturated/α-hetero) is 1. The Hall–Kier alpha value is -4.70. The van der Waals surface area contributed by atoms with Crippen LogP contribution in [0.4, 0.5) is 0 Å². The van der Waals surface area contributed by atoms with Crippen molar-refractivity contribution in [3.63, 3.8) is 0 Å². The van der Waals surface area contributed by atoms with Crippen molar-refractivity contribution in [1.82, 2.24) is 4.57 Å². The molecule has 0 N–H and O–H groups in total. The fraction of sp³-hybridized carbons (Fsp3) is 0.273. The Bertz CT molecular complexity index is 1910. The first-order chi connectivity index (χ1) is 20.6. The summed E-state index contributed by atoms with van der Waals surface area (Å²) in [5.74, 6) is 1.55. The highest BCUT2D eigenvalue weighted by atomic mass is 32.1. The number of hydrogen-bond acceptors (Lipinski definition) is 9. The largest absolute Gasteiger partial charge is 0.493 e. The number of fused-ring (bicyclic) bond motifs is 1. The number of esters is 1. The standard InChI is InChI=1S/C33H32N2O7S/c1-7-40-32(38)29-19(4)34-33-35(30(29)23-12-14-26(41-18(2)3)27(16-23)39-6)31(37)28(43-33)17-24-13-15-25(42-24)22-10-8-21(9-11-22)20(5)36/h8-18,30H,7H2,1-6H3/b28-17+/t30-/m1/s1. The van der Waals surface area contributed by atoms with Gasteiger partial charge in [-0.1, -0.05) is 41.7 Å². The van der Waals surface area contributed by atoms with E-state index in [4.69, 9.17) is 18.6 Å². The molecule has 5 rings (SSSR count). The smallest absolute Gasteiger partial charge is 0.338 e. The van der Waals surface area contributed by atoms with Gasteiger partial charge in [0.1, 0.15) is 11.5 Å². The van der Waals surface area contributed by atoms with E-state index in [1.54, 1.807) is 57.4 Å². The number of thiazole rings is 1. The number of hydrogen-bond donors (Lipinski definition) is 0. The number of rotatable bonds is 9. The predicted molar refractivity (Wildman–Crippen MR) is 163 cm³/mol. The Labute approximate surface area is 252 Å². The molecule has 3 heterocycles. The molecule has 10 heteroatoms. The normalized spacial score (nSPS) is 14.9. The predicted octanol–water partition coefficient (Wildman–Crippen LogP) is 5.06. The number of carbonyl (C=O) groups excluding carboxylic acids is 2. The van der Waals surface area contributed by atoms with Gasteiger partial charge in [0.15, 0.2) is 22.1 Å². The number of nitrogens with zero attached hydrogens (tertiary/aromatic N) is 2. The molecule has 0 amide bonds. The van der Waals surface area contributed by atoms with Crippen LogP contribution in [0.3, 0.4) is 0 Å². The molecule has 1 atom stereocenters. The number of benzene rings is 2. The minimum Gasteiger partial charge on any atom is -0.493 e. The molecule has 0 aliphatic carbocycles. The van der Waals surface area contributed by atoms with E-state index < -0.39 is 12.0 Å². The average molecular weight is 601 g/mol. The number of furan rings is 1. The van der Waals surface area contributed by atoms with E-state index >= 15 is 0 Å². The minimum atomic E-state index is -0.800. The van der Waals surface area contributed by atoms with Gasteiger partial charge in [0, 0.05) is 17.2 Å². The van der Waals surface area contributed by atoms with Crippen molar-refractivity contribution < 1.29 is 28.2 Å². The van der Waals surface area contributed by atoms with Crippen molar-refractivity contribution in [2.75, 3.05) is 13.7 Å². The zero-order valence-electron chi connectivity index (χ0n) is 24.8. The average Bonchev–Trinajstić information content (AvgIpc) is 3.56. The lowest BCUT2D eigenvalue weighted by atomic mass is 9.95. The number of ketones is 1. The maximum atomic E-state index is 14.0. The summed E-state index contributed by atoms with van der Waals surface area (Å²) < 4.78 is 24.8. The number of aromatic nitrogens is 1. The third-order valence-electron chi connectivity index (χ3n) is 6.86. The number of allylic oxidation sites excluding steroid dienone is 1. The molecular weight excluding hydrogens is 568 g/mol. The van der Waals surface area contributed by atoms with Crippen LogP contribution in [-0.2, 0) is 9.53 Å². The number of carbonyl (C=O) groups is 2. The summed E-state index contributed by atoms with van der Waals surface area (Å²) in [5, 5.41) is 0. The van der Waals surface area contributed by atoms with Gasteiger partial charge in [-0.15, -0.1) is 0 Å². The summed E-state index contributed by atoms with van der Waals surface area (Å²) in [7, 11) is 1.54. The van der Waals surface area contributed by atoms with Crippen LogP contribution < -0.4 is 24.4 Å². The van der Waals surface area contributed by atoms with Crippen LogP contribution in [0.15, 0.2) is 80.1 Å². The van der Waals surface area contributed by atoms with E-state index in [2.05, 4.69) is 4.99 Å². The van der Waals surface area contributed by atoms with Crippen LogP contribution in [0, 0.1) is 0 Å². The maximum Gasteiger partial charge on any atom is 0.338 e. The number of ether oxygens (including phenoxy) is 3. The molecule has 43 heavy (non-hydrogen) atoms. The third kappa shape index (κ3) is 5.96. The molecule has 0 spiro atoms. The highest BCUT2D eigenvalue weighted by Gasteiger charge is 2.34. The van der Waals surface area contributed by atoms with Gasteiger partial charge < -0.3 is 18.6 Å². The zero-order chi connectivity index (χ0) is 30.8.